The molecule has 0 aliphatic heterocycles. The van der Waals surface area contributed by atoms with Crippen LogP contribution in [0.15, 0.2) is 18.2 Å². The summed E-state index contributed by atoms with van der Waals surface area (Å²) in [6, 6.07) is 4.29. The number of hydrogen-bond acceptors (Lipinski definition) is 4. The zero-order chi connectivity index (χ0) is 15.6. The summed E-state index contributed by atoms with van der Waals surface area (Å²) in [6.07, 6.45) is -4.70. The molecule has 1 aromatic carbocycles. The highest BCUT2D eigenvalue weighted by atomic mass is 19.4. The Morgan fingerprint density at radius 1 is 1.45 bits per heavy atom. The topological polar surface area (TPSA) is 93.4 Å². The summed E-state index contributed by atoms with van der Waals surface area (Å²) < 4.78 is 38.1. The summed E-state index contributed by atoms with van der Waals surface area (Å²) in [6.45, 7) is 0.530. The molecule has 1 aromatic rings. The van der Waals surface area contributed by atoms with Gasteiger partial charge in [0.15, 0.2) is 5.60 Å². The standard InChI is InChI=1S/C12H11F3N2O3/c1-11(20,10(18)19)6-17-8-3-2-7(5-16)9(4-8)12(13,14)15/h2-4,17,20H,6H2,1H3,(H,18,19). The number of nitrogens with one attached hydrogen (secondary N) is 1. The van der Waals surface area contributed by atoms with Gasteiger partial charge in [-0.15, -0.1) is 0 Å². The second-order valence-corrected chi connectivity index (χ2v) is 4.30. The highest BCUT2D eigenvalue weighted by molar-refractivity contribution is 5.77. The number of halogens is 3. The number of carboxylic acid groups (broad SMARTS) is 1. The minimum atomic E-state index is -4.70. The van der Waals surface area contributed by atoms with Gasteiger partial charge in [-0.3, -0.25) is 0 Å². The van der Waals surface area contributed by atoms with E-state index < -0.39 is 35.4 Å². The largest absolute Gasteiger partial charge is 0.479 e. The molecule has 0 aliphatic rings. The molecule has 0 saturated heterocycles. The fourth-order valence-corrected chi connectivity index (χ4v) is 1.34. The van der Waals surface area contributed by atoms with Gasteiger partial charge in [0.25, 0.3) is 0 Å². The fourth-order valence-electron chi connectivity index (χ4n) is 1.34. The molecule has 0 fully saturated rings. The summed E-state index contributed by atoms with van der Waals surface area (Å²) in [7, 11) is 0. The summed E-state index contributed by atoms with van der Waals surface area (Å²) in [5, 5.41) is 29.1. The van der Waals surface area contributed by atoms with E-state index in [2.05, 4.69) is 5.32 Å². The lowest BCUT2D eigenvalue weighted by Crippen LogP contribution is -2.41. The maximum Gasteiger partial charge on any atom is 0.417 e. The van der Waals surface area contributed by atoms with E-state index in [1.165, 1.54) is 12.1 Å². The Morgan fingerprint density at radius 3 is 2.50 bits per heavy atom. The Morgan fingerprint density at radius 2 is 2.05 bits per heavy atom. The molecule has 0 amide bonds. The molecule has 1 unspecified atom stereocenters. The first-order chi connectivity index (χ1) is 9.08. The fraction of sp³-hybridized carbons (Fsp3) is 0.333. The summed E-state index contributed by atoms with van der Waals surface area (Å²) in [5.41, 5.74) is -3.82. The molecule has 0 heterocycles. The van der Waals surface area contributed by atoms with Crippen molar-refractivity contribution in [1.29, 1.82) is 5.26 Å². The van der Waals surface area contributed by atoms with Crippen molar-refractivity contribution in [3.8, 4) is 6.07 Å². The van der Waals surface area contributed by atoms with Crippen molar-refractivity contribution >= 4 is 11.7 Å². The average Bonchev–Trinajstić information content (AvgIpc) is 2.35. The monoisotopic (exact) mass is 288 g/mol. The quantitative estimate of drug-likeness (QED) is 0.785. The lowest BCUT2D eigenvalue weighted by Gasteiger charge is -2.19. The van der Waals surface area contributed by atoms with Crippen LogP contribution in [0.5, 0.6) is 0 Å². The van der Waals surface area contributed by atoms with Crippen LogP contribution in [0.4, 0.5) is 18.9 Å². The lowest BCUT2D eigenvalue weighted by molar-refractivity contribution is -0.155. The van der Waals surface area contributed by atoms with Gasteiger partial charge >= 0.3 is 12.1 Å². The van der Waals surface area contributed by atoms with Crippen molar-refractivity contribution in [3.05, 3.63) is 29.3 Å². The van der Waals surface area contributed by atoms with E-state index in [9.17, 15) is 23.1 Å². The van der Waals surface area contributed by atoms with Gasteiger partial charge in [-0.25, -0.2) is 4.79 Å². The van der Waals surface area contributed by atoms with E-state index in [1.54, 1.807) is 0 Å². The molecule has 8 heteroatoms. The van der Waals surface area contributed by atoms with E-state index in [4.69, 9.17) is 10.4 Å². The summed E-state index contributed by atoms with van der Waals surface area (Å²) >= 11 is 0. The number of rotatable bonds is 4. The summed E-state index contributed by atoms with van der Waals surface area (Å²) in [4.78, 5) is 10.7. The second kappa shape index (κ2) is 5.38. The SMILES string of the molecule is CC(O)(CNc1ccc(C#N)c(C(F)(F)F)c1)C(=O)O. The first-order valence-electron chi connectivity index (χ1n) is 5.39. The van der Waals surface area contributed by atoms with Gasteiger partial charge in [-0.05, 0) is 25.1 Å². The van der Waals surface area contributed by atoms with Gasteiger partial charge in [-0.1, -0.05) is 0 Å². The molecule has 3 N–H and O–H groups in total. The Balaban J connectivity index is 3.00. The Hall–Kier alpha value is -2.27. The molecule has 5 nitrogen and oxygen atoms in total. The average molecular weight is 288 g/mol. The number of nitriles is 1. The number of alkyl halides is 3. The normalized spacial score (nSPS) is 14.2. The number of aliphatic hydroxyl groups is 1. The van der Waals surface area contributed by atoms with Crippen molar-refractivity contribution in [2.24, 2.45) is 0 Å². The van der Waals surface area contributed by atoms with E-state index >= 15 is 0 Å². The molecular formula is C12H11F3N2O3. The number of benzene rings is 1. The predicted octanol–water partition coefficient (Wildman–Crippen LogP) is 1.82. The van der Waals surface area contributed by atoms with Gasteiger partial charge < -0.3 is 15.5 Å². The first kappa shape index (κ1) is 15.8. The molecule has 0 spiro atoms. The Bertz CT molecular complexity index is 562. The molecule has 0 bridgehead atoms. The highest BCUT2D eigenvalue weighted by Gasteiger charge is 2.34. The van der Waals surface area contributed by atoms with Crippen LogP contribution in [-0.4, -0.2) is 28.3 Å². The maximum atomic E-state index is 12.7. The van der Waals surface area contributed by atoms with E-state index in [0.717, 1.165) is 13.0 Å². The maximum absolute atomic E-state index is 12.7. The van der Waals surface area contributed by atoms with Crippen molar-refractivity contribution < 1.29 is 28.2 Å². The third-order valence-corrected chi connectivity index (χ3v) is 2.54. The Labute approximate surface area is 112 Å². The second-order valence-electron chi connectivity index (χ2n) is 4.30. The van der Waals surface area contributed by atoms with Gasteiger partial charge in [0, 0.05) is 5.69 Å². The minimum absolute atomic E-state index is 0.0437. The molecular weight excluding hydrogens is 277 g/mol. The zero-order valence-corrected chi connectivity index (χ0v) is 10.3. The first-order valence-corrected chi connectivity index (χ1v) is 5.39. The third kappa shape index (κ3) is 3.61. The third-order valence-electron chi connectivity index (χ3n) is 2.54. The van der Waals surface area contributed by atoms with E-state index in [-0.39, 0.29) is 5.69 Å². The van der Waals surface area contributed by atoms with Gasteiger partial charge in [0.2, 0.25) is 0 Å². The number of aliphatic carboxylic acids is 1. The molecule has 0 aliphatic carbocycles. The number of nitrogens with zero attached hydrogens (tertiary/aromatic N) is 1. The zero-order valence-electron chi connectivity index (χ0n) is 10.3. The van der Waals surface area contributed by atoms with Crippen LogP contribution in [0.25, 0.3) is 0 Å². The lowest BCUT2D eigenvalue weighted by atomic mass is 10.1. The number of carboxylic acids is 1. The van der Waals surface area contributed by atoms with Crippen LogP contribution in [0.2, 0.25) is 0 Å². The van der Waals surface area contributed by atoms with Crippen LogP contribution < -0.4 is 5.32 Å². The number of anilines is 1. The predicted molar refractivity (Wildman–Crippen MR) is 62.9 cm³/mol. The summed E-state index contributed by atoms with van der Waals surface area (Å²) in [5.74, 6) is -1.50. The van der Waals surface area contributed by atoms with Crippen molar-refractivity contribution in [2.45, 2.75) is 18.7 Å². The van der Waals surface area contributed by atoms with Crippen molar-refractivity contribution in [2.75, 3.05) is 11.9 Å². The van der Waals surface area contributed by atoms with Crippen LogP contribution in [0.3, 0.4) is 0 Å². The van der Waals surface area contributed by atoms with Crippen molar-refractivity contribution in [1.82, 2.24) is 0 Å². The number of hydrogen-bond donors (Lipinski definition) is 3. The smallest absolute Gasteiger partial charge is 0.417 e. The molecule has 1 rings (SSSR count). The van der Waals surface area contributed by atoms with Crippen LogP contribution in [0.1, 0.15) is 18.1 Å². The van der Waals surface area contributed by atoms with Gasteiger partial charge in [0.05, 0.1) is 23.7 Å². The van der Waals surface area contributed by atoms with Crippen molar-refractivity contribution in [3.63, 3.8) is 0 Å². The number of carbonyl (C=O) groups is 1. The highest BCUT2D eigenvalue weighted by Crippen LogP contribution is 2.33. The van der Waals surface area contributed by atoms with E-state index in [0.29, 0.717) is 6.07 Å². The van der Waals surface area contributed by atoms with Crippen LogP contribution >= 0.6 is 0 Å². The van der Waals surface area contributed by atoms with E-state index in [1.807, 2.05) is 0 Å². The molecule has 108 valence electrons. The van der Waals surface area contributed by atoms with Gasteiger partial charge in [0.1, 0.15) is 0 Å². The van der Waals surface area contributed by atoms with Crippen LogP contribution in [0, 0.1) is 11.3 Å². The molecule has 0 aromatic heterocycles. The molecule has 20 heavy (non-hydrogen) atoms. The Kier molecular flexibility index (Phi) is 4.25. The molecule has 1 atom stereocenters. The van der Waals surface area contributed by atoms with Crippen LogP contribution in [-0.2, 0) is 11.0 Å². The minimum Gasteiger partial charge on any atom is -0.479 e. The van der Waals surface area contributed by atoms with Gasteiger partial charge in [-0.2, -0.15) is 18.4 Å². The molecule has 0 saturated carbocycles. The molecule has 0 radical (unpaired) electrons.